The van der Waals surface area contributed by atoms with Crippen molar-refractivity contribution >= 4 is 0 Å². The van der Waals surface area contributed by atoms with E-state index in [1.165, 1.54) is 24.3 Å². The molecule has 4 rings (SSSR count). The van der Waals surface area contributed by atoms with Crippen LogP contribution in [0.1, 0.15) is 42.8 Å². The highest BCUT2D eigenvalue weighted by Crippen LogP contribution is 2.31. The summed E-state index contributed by atoms with van der Waals surface area (Å²) in [4.78, 5) is 2.36. The number of rotatable bonds is 5. The first kappa shape index (κ1) is 18.7. The average Bonchev–Trinajstić information content (AvgIpc) is 3.14. The first-order chi connectivity index (χ1) is 13.6. The SMILES string of the molecule is CC1CCN([C@H](c2ccc(F)cc2)c2nnnn2Cc2ccc(F)cc2)CC1. The predicted molar refractivity (Wildman–Crippen MR) is 102 cm³/mol. The number of tetrazole rings is 1. The summed E-state index contributed by atoms with van der Waals surface area (Å²) < 4.78 is 28.5. The van der Waals surface area contributed by atoms with Crippen molar-refractivity contribution in [3.05, 3.63) is 77.1 Å². The van der Waals surface area contributed by atoms with Crippen LogP contribution < -0.4 is 0 Å². The zero-order chi connectivity index (χ0) is 19.5. The molecule has 1 aliphatic rings. The molecule has 1 aromatic heterocycles. The number of likely N-dealkylation sites (tertiary alicyclic amines) is 1. The molecule has 0 amide bonds. The van der Waals surface area contributed by atoms with E-state index in [-0.39, 0.29) is 17.7 Å². The molecule has 0 aliphatic carbocycles. The van der Waals surface area contributed by atoms with Gasteiger partial charge in [0.2, 0.25) is 0 Å². The Morgan fingerprint density at radius 1 is 0.964 bits per heavy atom. The predicted octanol–water partition coefficient (Wildman–Crippen LogP) is 3.82. The summed E-state index contributed by atoms with van der Waals surface area (Å²) in [5, 5.41) is 12.4. The van der Waals surface area contributed by atoms with Crippen molar-refractivity contribution in [2.45, 2.75) is 32.4 Å². The Balaban J connectivity index is 1.67. The van der Waals surface area contributed by atoms with Gasteiger partial charge in [0.05, 0.1) is 12.6 Å². The Morgan fingerprint density at radius 3 is 2.21 bits per heavy atom. The van der Waals surface area contributed by atoms with Gasteiger partial charge in [-0.25, -0.2) is 13.5 Å². The minimum atomic E-state index is -0.271. The Morgan fingerprint density at radius 2 is 1.57 bits per heavy atom. The summed E-state index contributed by atoms with van der Waals surface area (Å²) in [5.41, 5.74) is 1.88. The number of piperidine rings is 1. The lowest BCUT2D eigenvalue weighted by molar-refractivity contribution is 0.150. The summed E-state index contributed by atoms with van der Waals surface area (Å²) in [6.45, 7) is 4.59. The van der Waals surface area contributed by atoms with Gasteiger partial charge in [0, 0.05) is 0 Å². The third-order valence-corrected chi connectivity index (χ3v) is 5.42. The quantitative estimate of drug-likeness (QED) is 0.672. The van der Waals surface area contributed by atoms with Crippen LogP contribution in [-0.2, 0) is 6.54 Å². The monoisotopic (exact) mass is 383 g/mol. The van der Waals surface area contributed by atoms with E-state index in [1.807, 2.05) is 0 Å². The number of halogens is 2. The standard InChI is InChI=1S/C21H23F2N5/c1-15-10-12-27(13-11-15)20(17-4-8-19(23)9-5-17)21-24-25-26-28(21)14-16-2-6-18(22)7-3-16/h2-9,15,20H,10-14H2,1H3/t20-/m1/s1. The lowest BCUT2D eigenvalue weighted by atomic mass is 9.95. The second-order valence-corrected chi connectivity index (χ2v) is 7.49. The average molecular weight is 383 g/mol. The molecule has 5 nitrogen and oxygen atoms in total. The number of hydrogen-bond acceptors (Lipinski definition) is 4. The van der Waals surface area contributed by atoms with Crippen LogP contribution in [0.5, 0.6) is 0 Å². The van der Waals surface area contributed by atoms with Crippen LogP contribution >= 0.6 is 0 Å². The van der Waals surface area contributed by atoms with Gasteiger partial charge in [-0.05, 0) is 77.7 Å². The summed E-state index contributed by atoms with van der Waals surface area (Å²) >= 11 is 0. The smallest absolute Gasteiger partial charge is 0.173 e. The van der Waals surface area contributed by atoms with Gasteiger partial charge < -0.3 is 0 Å². The molecule has 1 saturated heterocycles. The van der Waals surface area contributed by atoms with Crippen LogP contribution in [0.3, 0.4) is 0 Å². The van der Waals surface area contributed by atoms with E-state index in [0.717, 1.165) is 37.1 Å². The molecule has 1 fully saturated rings. The summed E-state index contributed by atoms with van der Waals surface area (Å²) in [5.74, 6) is 0.874. The molecule has 2 aromatic carbocycles. The Hall–Kier alpha value is -2.67. The van der Waals surface area contributed by atoms with E-state index in [4.69, 9.17) is 0 Å². The highest BCUT2D eigenvalue weighted by Gasteiger charge is 2.30. The molecule has 1 aliphatic heterocycles. The second-order valence-electron chi connectivity index (χ2n) is 7.49. The summed E-state index contributed by atoms with van der Waals surface area (Å²) in [7, 11) is 0. The number of nitrogens with zero attached hydrogens (tertiary/aromatic N) is 5. The van der Waals surface area contributed by atoms with E-state index in [9.17, 15) is 8.78 Å². The Kier molecular flexibility index (Phi) is 5.43. The number of benzene rings is 2. The molecule has 2 heterocycles. The summed E-state index contributed by atoms with van der Waals surface area (Å²) in [6.07, 6.45) is 2.22. The molecule has 1 atom stereocenters. The molecule has 0 N–H and O–H groups in total. The van der Waals surface area contributed by atoms with E-state index < -0.39 is 0 Å². The van der Waals surface area contributed by atoms with Crippen molar-refractivity contribution in [2.24, 2.45) is 5.92 Å². The van der Waals surface area contributed by atoms with Gasteiger partial charge >= 0.3 is 0 Å². The Labute approximate surface area is 163 Å². The third-order valence-electron chi connectivity index (χ3n) is 5.42. The summed E-state index contributed by atoms with van der Waals surface area (Å²) in [6, 6.07) is 12.7. The van der Waals surface area contributed by atoms with Crippen molar-refractivity contribution in [3.8, 4) is 0 Å². The van der Waals surface area contributed by atoms with E-state index in [1.54, 1.807) is 28.9 Å². The van der Waals surface area contributed by atoms with Crippen LogP contribution in [0.4, 0.5) is 8.78 Å². The molecule has 3 aromatic rings. The van der Waals surface area contributed by atoms with Gasteiger partial charge in [-0.3, -0.25) is 4.90 Å². The minimum absolute atomic E-state index is 0.149. The number of aromatic nitrogens is 4. The maximum atomic E-state index is 13.5. The van der Waals surface area contributed by atoms with Gasteiger partial charge in [-0.1, -0.05) is 31.2 Å². The first-order valence-electron chi connectivity index (χ1n) is 9.60. The Bertz CT molecular complexity index is 899. The van der Waals surface area contributed by atoms with Crippen molar-refractivity contribution in [2.75, 3.05) is 13.1 Å². The van der Waals surface area contributed by atoms with Crippen LogP contribution in [0, 0.1) is 17.6 Å². The molecule has 7 heteroatoms. The molecular weight excluding hydrogens is 360 g/mol. The second kappa shape index (κ2) is 8.14. The van der Waals surface area contributed by atoms with E-state index in [2.05, 4.69) is 27.3 Å². The van der Waals surface area contributed by atoms with Crippen LogP contribution in [0.2, 0.25) is 0 Å². The van der Waals surface area contributed by atoms with E-state index >= 15 is 0 Å². The highest BCUT2D eigenvalue weighted by atomic mass is 19.1. The van der Waals surface area contributed by atoms with Gasteiger partial charge in [0.1, 0.15) is 11.6 Å². The topological polar surface area (TPSA) is 46.8 Å². The fourth-order valence-corrected chi connectivity index (χ4v) is 3.74. The van der Waals surface area contributed by atoms with Crippen LogP contribution in [0.25, 0.3) is 0 Å². The maximum absolute atomic E-state index is 13.5. The van der Waals surface area contributed by atoms with Gasteiger partial charge in [-0.2, -0.15) is 0 Å². The fraction of sp³-hybridized carbons (Fsp3) is 0.381. The molecule has 0 unspecified atom stereocenters. The largest absolute Gasteiger partial charge is 0.290 e. The van der Waals surface area contributed by atoms with Crippen LogP contribution in [0.15, 0.2) is 48.5 Å². The molecule has 0 spiro atoms. The highest BCUT2D eigenvalue weighted by molar-refractivity contribution is 5.26. The first-order valence-corrected chi connectivity index (χ1v) is 9.60. The minimum Gasteiger partial charge on any atom is -0.290 e. The van der Waals surface area contributed by atoms with E-state index in [0.29, 0.717) is 18.3 Å². The third kappa shape index (κ3) is 4.09. The maximum Gasteiger partial charge on any atom is 0.173 e. The van der Waals surface area contributed by atoms with Gasteiger partial charge in [0.25, 0.3) is 0 Å². The van der Waals surface area contributed by atoms with Gasteiger partial charge in [-0.15, -0.1) is 5.10 Å². The zero-order valence-electron chi connectivity index (χ0n) is 15.8. The zero-order valence-corrected chi connectivity index (χ0v) is 15.8. The molecule has 0 bridgehead atoms. The molecular formula is C21H23F2N5. The molecule has 0 saturated carbocycles. The lowest BCUT2D eigenvalue weighted by Crippen LogP contribution is -2.38. The normalized spacial score (nSPS) is 17.0. The van der Waals surface area contributed by atoms with Gasteiger partial charge in [0.15, 0.2) is 5.82 Å². The van der Waals surface area contributed by atoms with Crippen LogP contribution in [-0.4, -0.2) is 38.2 Å². The molecule has 28 heavy (non-hydrogen) atoms. The van der Waals surface area contributed by atoms with Crippen molar-refractivity contribution < 1.29 is 8.78 Å². The van der Waals surface area contributed by atoms with Crippen molar-refractivity contribution in [1.82, 2.24) is 25.1 Å². The number of hydrogen-bond donors (Lipinski definition) is 0. The van der Waals surface area contributed by atoms with Crippen molar-refractivity contribution in [3.63, 3.8) is 0 Å². The lowest BCUT2D eigenvalue weighted by Gasteiger charge is -2.36. The molecule has 146 valence electrons. The molecule has 0 radical (unpaired) electrons. The fourth-order valence-electron chi connectivity index (χ4n) is 3.74. The van der Waals surface area contributed by atoms with Crippen molar-refractivity contribution in [1.29, 1.82) is 0 Å².